The van der Waals surface area contributed by atoms with Crippen LogP contribution in [-0.4, -0.2) is 36.8 Å². The summed E-state index contributed by atoms with van der Waals surface area (Å²) in [6.45, 7) is 4.64. The quantitative estimate of drug-likeness (QED) is 0.662. The minimum Gasteiger partial charge on any atom is -0.495 e. The van der Waals surface area contributed by atoms with E-state index < -0.39 is 25.9 Å². The van der Waals surface area contributed by atoms with Crippen LogP contribution in [0.15, 0.2) is 47.5 Å². The van der Waals surface area contributed by atoms with Crippen molar-refractivity contribution in [1.82, 2.24) is 4.98 Å². The molecular weight excluding hydrogens is 405 g/mol. The van der Waals surface area contributed by atoms with E-state index in [4.69, 9.17) is 10.5 Å². The summed E-state index contributed by atoms with van der Waals surface area (Å²) in [5, 5.41) is 0.950. The molecule has 1 unspecified atom stereocenters. The van der Waals surface area contributed by atoms with Crippen LogP contribution in [0, 0.1) is 5.82 Å². The van der Waals surface area contributed by atoms with Gasteiger partial charge in [-0.15, -0.1) is 0 Å². The van der Waals surface area contributed by atoms with Crippen molar-refractivity contribution in [3.8, 4) is 17.0 Å². The molecular formula is C22H24FN3O3S. The molecule has 1 atom stereocenters. The summed E-state index contributed by atoms with van der Waals surface area (Å²) < 4.78 is 44.7. The number of aromatic amines is 1. The Kier molecular flexibility index (Phi) is 4.47. The van der Waals surface area contributed by atoms with Gasteiger partial charge in [0.2, 0.25) is 0 Å². The van der Waals surface area contributed by atoms with E-state index in [1.54, 1.807) is 26.2 Å². The Hall–Kier alpha value is -2.87. The predicted molar refractivity (Wildman–Crippen MR) is 117 cm³/mol. The lowest BCUT2D eigenvalue weighted by molar-refractivity contribution is 0.419. The molecule has 1 aromatic heterocycles. The van der Waals surface area contributed by atoms with Gasteiger partial charge in [-0.05, 0) is 56.7 Å². The van der Waals surface area contributed by atoms with E-state index in [2.05, 4.69) is 9.98 Å². The number of benzene rings is 2. The fraction of sp³-hybridized carbons (Fsp3) is 0.318. The molecule has 3 aromatic rings. The van der Waals surface area contributed by atoms with Crippen molar-refractivity contribution in [2.75, 3.05) is 12.9 Å². The average molecular weight is 430 g/mol. The summed E-state index contributed by atoms with van der Waals surface area (Å²) in [5.74, 6) is -0.168. The molecule has 0 spiro atoms. The number of aromatic nitrogens is 1. The molecule has 0 saturated heterocycles. The summed E-state index contributed by atoms with van der Waals surface area (Å²) in [6.07, 6.45) is 0. The Morgan fingerprint density at radius 1 is 1.17 bits per heavy atom. The molecule has 0 fully saturated rings. The second-order valence-corrected chi connectivity index (χ2v) is 10.9. The van der Waals surface area contributed by atoms with Gasteiger partial charge in [0.1, 0.15) is 27.7 Å². The van der Waals surface area contributed by atoms with Gasteiger partial charge < -0.3 is 15.5 Å². The number of nitrogens with zero attached hydrogens (tertiary/aromatic N) is 1. The lowest BCUT2D eigenvalue weighted by atomic mass is 9.91. The summed E-state index contributed by atoms with van der Waals surface area (Å²) in [5.41, 5.74) is 7.18. The molecule has 4 rings (SSSR count). The average Bonchev–Trinajstić information content (AvgIpc) is 3.10. The van der Waals surface area contributed by atoms with Crippen molar-refractivity contribution in [3.05, 3.63) is 53.8 Å². The van der Waals surface area contributed by atoms with E-state index in [1.165, 1.54) is 19.9 Å². The van der Waals surface area contributed by atoms with Crippen LogP contribution in [0.1, 0.15) is 26.3 Å². The molecule has 158 valence electrons. The van der Waals surface area contributed by atoms with Gasteiger partial charge in [0, 0.05) is 16.6 Å². The maximum absolute atomic E-state index is 14.9. The highest BCUT2D eigenvalue weighted by Crippen LogP contribution is 2.39. The second-order valence-electron chi connectivity index (χ2n) is 8.34. The van der Waals surface area contributed by atoms with Gasteiger partial charge in [-0.1, -0.05) is 12.1 Å². The van der Waals surface area contributed by atoms with E-state index in [1.807, 2.05) is 24.3 Å². The Balaban J connectivity index is 1.87. The van der Waals surface area contributed by atoms with Gasteiger partial charge >= 0.3 is 0 Å². The maximum Gasteiger partial charge on any atom is 0.165 e. The number of hydrogen-bond acceptors (Lipinski definition) is 5. The zero-order chi connectivity index (χ0) is 21.9. The number of fused-ring (bicyclic) bond motifs is 1. The minimum atomic E-state index is -3.64. The van der Waals surface area contributed by atoms with Crippen LogP contribution in [0.4, 0.5) is 4.39 Å². The number of methoxy groups -OCH3 is 1. The van der Waals surface area contributed by atoms with E-state index in [9.17, 15) is 12.8 Å². The monoisotopic (exact) mass is 429 g/mol. The highest BCUT2D eigenvalue weighted by atomic mass is 32.2. The zero-order valence-corrected chi connectivity index (χ0v) is 18.1. The minimum absolute atomic E-state index is 0.0172. The standard InChI is InChI=1S/C22H24FN3O3S/c1-21(2)20(24)26-22(3,12-30(21,27)28)15-10-13(8-9-16(15)23)17-11-14-6-5-7-18(29-4)19(14)25-17/h5-11,25H,12H2,1-4H3,(H2,24,26). The third kappa shape index (κ3) is 2.98. The van der Waals surface area contributed by atoms with Crippen molar-refractivity contribution in [3.63, 3.8) is 0 Å². The molecule has 2 heterocycles. The molecule has 0 aliphatic carbocycles. The highest BCUT2D eigenvalue weighted by molar-refractivity contribution is 7.93. The number of aliphatic imine (C=N–C) groups is 1. The number of nitrogens with one attached hydrogen (secondary N) is 1. The number of para-hydroxylation sites is 1. The molecule has 0 radical (unpaired) electrons. The molecule has 6 nitrogen and oxygen atoms in total. The van der Waals surface area contributed by atoms with Crippen LogP contribution < -0.4 is 10.5 Å². The van der Waals surface area contributed by atoms with Crippen molar-refractivity contribution in [1.29, 1.82) is 0 Å². The number of H-pyrrole nitrogens is 1. The first-order chi connectivity index (χ1) is 14.0. The van der Waals surface area contributed by atoms with Crippen molar-refractivity contribution in [2.24, 2.45) is 10.7 Å². The highest BCUT2D eigenvalue weighted by Gasteiger charge is 2.49. The number of nitrogens with two attached hydrogens (primary N) is 1. The third-order valence-corrected chi connectivity index (χ3v) is 8.63. The molecule has 0 saturated carbocycles. The smallest absolute Gasteiger partial charge is 0.165 e. The maximum atomic E-state index is 14.9. The Morgan fingerprint density at radius 3 is 2.57 bits per heavy atom. The van der Waals surface area contributed by atoms with E-state index in [0.717, 1.165) is 16.6 Å². The fourth-order valence-electron chi connectivity index (χ4n) is 3.84. The van der Waals surface area contributed by atoms with E-state index >= 15 is 0 Å². The lowest BCUT2D eigenvalue weighted by Crippen LogP contribution is -2.54. The van der Waals surface area contributed by atoms with Crippen LogP contribution in [0.2, 0.25) is 0 Å². The van der Waals surface area contributed by atoms with Crippen LogP contribution in [0.25, 0.3) is 22.2 Å². The first-order valence-corrected chi connectivity index (χ1v) is 11.2. The molecule has 2 aromatic carbocycles. The summed E-state index contributed by atoms with van der Waals surface area (Å²) in [4.78, 5) is 7.75. The summed E-state index contributed by atoms with van der Waals surface area (Å²) >= 11 is 0. The van der Waals surface area contributed by atoms with E-state index in [0.29, 0.717) is 11.3 Å². The van der Waals surface area contributed by atoms with E-state index in [-0.39, 0.29) is 17.2 Å². The number of halogens is 1. The number of ether oxygens (including phenoxy) is 1. The fourth-order valence-corrected chi connectivity index (χ4v) is 5.53. The van der Waals surface area contributed by atoms with Crippen molar-refractivity contribution >= 4 is 26.6 Å². The van der Waals surface area contributed by atoms with Crippen LogP contribution in [0.5, 0.6) is 5.75 Å². The Labute approximate surface area is 174 Å². The van der Waals surface area contributed by atoms with Crippen molar-refractivity contribution in [2.45, 2.75) is 31.1 Å². The van der Waals surface area contributed by atoms with Crippen LogP contribution in [0.3, 0.4) is 0 Å². The molecule has 1 aliphatic heterocycles. The van der Waals surface area contributed by atoms with Gasteiger partial charge in [0.25, 0.3) is 0 Å². The van der Waals surface area contributed by atoms with Gasteiger partial charge in [-0.2, -0.15) is 0 Å². The number of amidine groups is 1. The number of sulfone groups is 1. The molecule has 0 amide bonds. The zero-order valence-electron chi connectivity index (χ0n) is 17.3. The third-order valence-electron chi connectivity index (χ3n) is 5.93. The summed E-state index contributed by atoms with van der Waals surface area (Å²) in [6, 6.07) is 12.2. The first kappa shape index (κ1) is 20.4. The second kappa shape index (κ2) is 6.57. The van der Waals surface area contributed by atoms with Crippen molar-refractivity contribution < 1.29 is 17.5 Å². The molecule has 0 bridgehead atoms. The normalized spacial score (nSPS) is 22.6. The van der Waals surface area contributed by atoms with Gasteiger partial charge in [-0.3, -0.25) is 4.99 Å². The first-order valence-electron chi connectivity index (χ1n) is 9.53. The lowest BCUT2D eigenvalue weighted by Gasteiger charge is -2.38. The van der Waals surface area contributed by atoms with Gasteiger partial charge in [-0.25, -0.2) is 12.8 Å². The Morgan fingerprint density at radius 2 is 1.90 bits per heavy atom. The topological polar surface area (TPSA) is 97.5 Å². The number of hydrogen-bond donors (Lipinski definition) is 2. The van der Waals surface area contributed by atoms with Gasteiger partial charge in [0.05, 0.1) is 18.4 Å². The number of rotatable bonds is 3. The molecule has 30 heavy (non-hydrogen) atoms. The van der Waals surface area contributed by atoms with Gasteiger partial charge in [0.15, 0.2) is 9.84 Å². The largest absolute Gasteiger partial charge is 0.495 e. The van der Waals surface area contributed by atoms with Crippen LogP contribution in [-0.2, 0) is 15.4 Å². The SMILES string of the molecule is COc1cccc2cc(-c3ccc(F)c(C4(C)CS(=O)(=O)C(C)(C)C(N)=N4)c3)[nH]c12. The molecule has 1 aliphatic rings. The Bertz CT molecular complexity index is 1290. The predicted octanol–water partition coefficient (Wildman–Crippen LogP) is 3.76. The molecule has 3 N–H and O–H groups in total. The summed E-state index contributed by atoms with van der Waals surface area (Å²) in [7, 11) is -2.04. The van der Waals surface area contributed by atoms with Crippen LogP contribution >= 0.6 is 0 Å². The molecule has 8 heteroatoms.